The van der Waals surface area contributed by atoms with E-state index in [0.29, 0.717) is 13.1 Å². The summed E-state index contributed by atoms with van der Waals surface area (Å²) in [5, 5.41) is 21.5. The van der Waals surface area contributed by atoms with Crippen LogP contribution in [0.2, 0.25) is 0 Å². The molecule has 10 nitrogen and oxygen atoms in total. The molecule has 30 heavy (non-hydrogen) atoms. The smallest absolute Gasteiger partial charge is 0.369 e. The summed E-state index contributed by atoms with van der Waals surface area (Å²) in [6.45, 7) is 4.60. The number of alkyl halides is 3. The first kappa shape index (κ1) is 21.0. The summed E-state index contributed by atoms with van der Waals surface area (Å²) in [4.78, 5) is 3.14. The molecule has 0 aliphatic carbocycles. The van der Waals surface area contributed by atoms with Gasteiger partial charge >= 0.3 is 6.18 Å². The van der Waals surface area contributed by atoms with Crippen LogP contribution in [0.25, 0.3) is 11.4 Å². The number of aromatic nitrogens is 4. The number of nitrogens with one attached hydrogen (secondary N) is 2. The third-order valence-corrected chi connectivity index (χ3v) is 6.46. The third kappa shape index (κ3) is 3.99. The highest BCUT2D eigenvalue weighted by molar-refractivity contribution is 7.89. The van der Waals surface area contributed by atoms with Crippen molar-refractivity contribution in [1.82, 2.24) is 30.8 Å². The van der Waals surface area contributed by atoms with E-state index in [9.17, 15) is 21.6 Å². The van der Waals surface area contributed by atoms with Gasteiger partial charge in [-0.05, 0) is 23.8 Å². The van der Waals surface area contributed by atoms with Gasteiger partial charge in [0, 0.05) is 51.0 Å². The van der Waals surface area contributed by atoms with Gasteiger partial charge in [-0.1, -0.05) is 0 Å². The predicted molar refractivity (Wildman–Crippen MR) is 101 cm³/mol. The van der Waals surface area contributed by atoms with Crippen LogP contribution < -0.4 is 15.4 Å². The number of H-pyrrole nitrogens is 1. The summed E-state index contributed by atoms with van der Waals surface area (Å²) < 4.78 is 65.3. The lowest BCUT2D eigenvalue weighted by Gasteiger charge is -2.33. The minimum absolute atomic E-state index is 0.213. The van der Waals surface area contributed by atoms with Crippen molar-refractivity contribution in [3.05, 3.63) is 17.7 Å². The summed E-state index contributed by atoms with van der Waals surface area (Å²) in [5.74, 6) is -0.259. The fraction of sp³-hybridized carbons (Fsp3) is 0.562. The van der Waals surface area contributed by atoms with Crippen LogP contribution >= 0.6 is 0 Å². The van der Waals surface area contributed by atoms with Crippen molar-refractivity contribution in [3.63, 3.8) is 0 Å². The molecule has 1 atom stereocenters. The molecule has 4 rings (SSSR count). The molecule has 0 radical (unpaired) electrons. The molecule has 3 heterocycles. The van der Waals surface area contributed by atoms with Gasteiger partial charge in [0.2, 0.25) is 15.8 Å². The van der Waals surface area contributed by atoms with Gasteiger partial charge in [0.15, 0.2) is 0 Å². The van der Waals surface area contributed by atoms with Crippen LogP contribution in [0, 0.1) is 0 Å². The van der Waals surface area contributed by atoms with Crippen LogP contribution in [-0.4, -0.2) is 79.3 Å². The molecule has 0 amide bonds. The number of halogens is 3. The molecule has 0 bridgehead atoms. The van der Waals surface area contributed by atoms with E-state index in [0.717, 1.165) is 38.7 Å². The molecular weight excluding hydrogens is 425 g/mol. The lowest BCUT2D eigenvalue weighted by molar-refractivity contribution is -0.139. The molecule has 4 N–H and O–H groups in total. The number of nitrogens with two attached hydrogens (primary N) is 1. The highest BCUT2D eigenvalue weighted by Crippen LogP contribution is 2.43. The van der Waals surface area contributed by atoms with Crippen LogP contribution in [0.3, 0.4) is 0 Å². The summed E-state index contributed by atoms with van der Waals surface area (Å²) >= 11 is 0. The number of hydrogen-bond acceptors (Lipinski definition) is 8. The van der Waals surface area contributed by atoms with Gasteiger partial charge in [0.25, 0.3) is 0 Å². The number of aromatic amines is 1. The average molecular weight is 446 g/mol. The van der Waals surface area contributed by atoms with Gasteiger partial charge in [-0.15, -0.1) is 10.2 Å². The van der Waals surface area contributed by atoms with E-state index in [1.165, 1.54) is 6.07 Å². The Morgan fingerprint density at radius 2 is 1.90 bits per heavy atom. The van der Waals surface area contributed by atoms with Crippen molar-refractivity contribution < 1.29 is 21.6 Å². The zero-order chi connectivity index (χ0) is 21.5. The Bertz CT molecular complexity index is 1010. The zero-order valence-electron chi connectivity index (χ0n) is 15.9. The SMILES string of the molecule is NS(=O)(=O)c1c(C(F)(F)F)ccc(N2CCC(N3CCNCC3)C2)c1-c1nn[nH]n1. The third-order valence-electron chi connectivity index (χ3n) is 5.47. The lowest BCUT2D eigenvalue weighted by atomic mass is 10.1. The highest BCUT2D eigenvalue weighted by Gasteiger charge is 2.41. The maximum Gasteiger partial charge on any atom is 0.417 e. The normalized spacial score (nSPS) is 21.3. The minimum Gasteiger partial charge on any atom is -0.369 e. The molecule has 2 aliphatic heterocycles. The second-order valence-corrected chi connectivity index (χ2v) is 8.79. The summed E-state index contributed by atoms with van der Waals surface area (Å²) in [7, 11) is -4.75. The Morgan fingerprint density at radius 3 is 2.50 bits per heavy atom. The highest BCUT2D eigenvalue weighted by atomic mass is 32.2. The lowest BCUT2D eigenvalue weighted by Crippen LogP contribution is -2.49. The first-order chi connectivity index (χ1) is 14.2. The Kier molecular flexibility index (Phi) is 5.42. The number of benzene rings is 1. The molecule has 2 fully saturated rings. The molecular formula is C16H21F3N8O2S. The van der Waals surface area contributed by atoms with Crippen LogP contribution in [0.5, 0.6) is 0 Å². The van der Waals surface area contributed by atoms with Crippen LogP contribution in [0.4, 0.5) is 18.9 Å². The second-order valence-electron chi connectivity index (χ2n) is 7.29. The first-order valence-electron chi connectivity index (χ1n) is 9.37. The molecule has 1 unspecified atom stereocenters. The van der Waals surface area contributed by atoms with Crippen molar-refractivity contribution in [3.8, 4) is 11.4 Å². The largest absolute Gasteiger partial charge is 0.417 e. The van der Waals surface area contributed by atoms with Gasteiger partial charge < -0.3 is 10.2 Å². The number of piperazine rings is 1. The maximum absolute atomic E-state index is 13.6. The average Bonchev–Trinajstić information content (AvgIpc) is 3.38. The second kappa shape index (κ2) is 7.76. The summed E-state index contributed by atoms with van der Waals surface area (Å²) in [6, 6.07) is 2.21. The van der Waals surface area contributed by atoms with Crippen molar-refractivity contribution in [1.29, 1.82) is 0 Å². The van der Waals surface area contributed by atoms with E-state index in [-0.39, 0.29) is 23.1 Å². The van der Waals surface area contributed by atoms with Crippen molar-refractivity contribution in [2.45, 2.75) is 23.5 Å². The molecule has 0 spiro atoms. The fourth-order valence-electron chi connectivity index (χ4n) is 4.14. The Hall–Kier alpha value is -2.29. The van der Waals surface area contributed by atoms with E-state index in [1.54, 1.807) is 0 Å². The zero-order valence-corrected chi connectivity index (χ0v) is 16.7. The number of sulfonamides is 1. The number of anilines is 1. The Balaban J connectivity index is 1.81. The minimum atomic E-state index is -4.92. The molecule has 1 aromatic heterocycles. The fourth-order valence-corrected chi connectivity index (χ4v) is 5.11. The van der Waals surface area contributed by atoms with Crippen molar-refractivity contribution >= 4 is 15.7 Å². The molecule has 14 heteroatoms. The maximum atomic E-state index is 13.6. The summed E-state index contributed by atoms with van der Waals surface area (Å²) in [5.41, 5.74) is -1.36. The van der Waals surface area contributed by atoms with Crippen LogP contribution in [-0.2, 0) is 16.2 Å². The van der Waals surface area contributed by atoms with E-state index in [4.69, 9.17) is 5.14 Å². The summed E-state index contributed by atoms with van der Waals surface area (Å²) in [6.07, 6.45) is -4.12. The number of primary sulfonamides is 1. The standard InChI is InChI=1S/C16H21F3N8O2S/c17-16(18,19)11-1-2-12(13(14(11)30(20,28)29)15-22-24-25-23-15)27-6-3-10(9-27)26-7-4-21-5-8-26/h1-2,10,21H,3-9H2,(H2,20,28,29)(H,22,23,24,25). The van der Waals surface area contributed by atoms with Gasteiger partial charge in [0.05, 0.1) is 11.1 Å². The van der Waals surface area contributed by atoms with Crippen LogP contribution in [0.15, 0.2) is 17.0 Å². The molecule has 2 aromatic rings. The van der Waals surface area contributed by atoms with Gasteiger partial charge in [-0.25, -0.2) is 13.6 Å². The van der Waals surface area contributed by atoms with Crippen LogP contribution in [0.1, 0.15) is 12.0 Å². The Labute approximate surface area is 170 Å². The monoisotopic (exact) mass is 446 g/mol. The molecule has 2 aliphatic rings. The van der Waals surface area contributed by atoms with Gasteiger partial charge in [-0.3, -0.25) is 4.90 Å². The number of rotatable bonds is 4. The van der Waals surface area contributed by atoms with E-state index < -0.39 is 26.7 Å². The van der Waals surface area contributed by atoms with E-state index in [2.05, 4.69) is 30.8 Å². The van der Waals surface area contributed by atoms with Crippen molar-refractivity contribution in [2.24, 2.45) is 5.14 Å². The Morgan fingerprint density at radius 1 is 1.17 bits per heavy atom. The number of hydrogen-bond donors (Lipinski definition) is 3. The quantitative estimate of drug-likeness (QED) is 0.599. The number of nitrogens with zero attached hydrogens (tertiary/aromatic N) is 5. The van der Waals surface area contributed by atoms with E-state index >= 15 is 0 Å². The topological polar surface area (TPSA) is 133 Å². The van der Waals surface area contributed by atoms with Gasteiger partial charge in [-0.2, -0.15) is 18.4 Å². The van der Waals surface area contributed by atoms with Crippen molar-refractivity contribution in [2.75, 3.05) is 44.2 Å². The molecule has 2 saturated heterocycles. The van der Waals surface area contributed by atoms with Gasteiger partial charge in [0.1, 0.15) is 4.90 Å². The predicted octanol–water partition coefficient (Wildman–Crippen LogP) is 0.0168. The number of tetrazole rings is 1. The first-order valence-corrected chi connectivity index (χ1v) is 10.9. The molecule has 164 valence electrons. The van der Waals surface area contributed by atoms with E-state index in [1.807, 2.05) is 4.90 Å². The molecule has 1 aromatic carbocycles. The molecule has 0 saturated carbocycles.